The third kappa shape index (κ3) is 3.55. The lowest BCUT2D eigenvalue weighted by Crippen LogP contribution is -2.21. The van der Waals surface area contributed by atoms with Crippen molar-refractivity contribution in [2.45, 2.75) is 17.8 Å². The number of aromatic nitrogens is 4. The molecule has 10 heteroatoms. The predicted molar refractivity (Wildman–Crippen MR) is 111 cm³/mol. The third-order valence-corrected chi connectivity index (χ3v) is 6.65. The highest BCUT2D eigenvalue weighted by Crippen LogP contribution is 2.22. The second-order valence-corrected chi connectivity index (χ2v) is 9.15. The standard InChI is InChI=1S/C19H14Cl2N4O3S/c1-12-15(21)6-3-7-16(12)24-8-9-25-17(18(24)26)22-23-19(25)29(27,28)11-13-4-2-5-14(20)10-13/h2-10H,11H2,1H3. The maximum absolute atomic E-state index is 12.9. The molecule has 29 heavy (non-hydrogen) atoms. The number of sulfone groups is 1. The van der Waals surface area contributed by atoms with Gasteiger partial charge in [-0.15, -0.1) is 10.2 Å². The fourth-order valence-electron chi connectivity index (χ4n) is 3.04. The molecule has 0 aliphatic heterocycles. The second kappa shape index (κ2) is 7.29. The van der Waals surface area contributed by atoms with Gasteiger partial charge in [0.15, 0.2) is 0 Å². The molecule has 2 aromatic carbocycles. The van der Waals surface area contributed by atoms with Crippen LogP contribution in [-0.2, 0) is 15.6 Å². The van der Waals surface area contributed by atoms with Gasteiger partial charge in [0.05, 0.1) is 11.4 Å². The van der Waals surface area contributed by atoms with Crippen LogP contribution in [0.1, 0.15) is 11.1 Å². The Morgan fingerprint density at radius 1 is 1.03 bits per heavy atom. The number of hydrogen-bond donors (Lipinski definition) is 0. The van der Waals surface area contributed by atoms with Crippen LogP contribution in [0.5, 0.6) is 0 Å². The molecule has 0 bridgehead atoms. The molecule has 0 amide bonds. The van der Waals surface area contributed by atoms with Gasteiger partial charge in [0, 0.05) is 22.4 Å². The molecule has 0 aliphatic carbocycles. The lowest BCUT2D eigenvalue weighted by Gasteiger charge is -2.10. The Labute approximate surface area is 176 Å². The average molecular weight is 449 g/mol. The Bertz CT molecular complexity index is 1410. The van der Waals surface area contributed by atoms with Gasteiger partial charge in [-0.25, -0.2) is 8.42 Å². The Balaban J connectivity index is 1.82. The molecule has 0 atom stereocenters. The molecule has 7 nitrogen and oxygen atoms in total. The third-order valence-electron chi connectivity index (χ3n) is 4.46. The zero-order valence-corrected chi connectivity index (χ0v) is 17.4. The number of benzene rings is 2. The van der Waals surface area contributed by atoms with Gasteiger partial charge >= 0.3 is 5.56 Å². The maximum Gasteiger partial charge on any atom is 0.300 e. The average Bonchev–Trinajstić information content (AvgIpc) is 3.10. The summed E-state index contributed by atoms with van der Waals surface area (Å²) in [7, 11) is -3.86. The van der Waals surface area contributed by atoms with Crippen molar-refractivity contribution in [1.29, 1.82) is 0 Å². The van der Waals surface area contributed by atoms with Crippen molar-refractivity contribution in [2.75, 3.05) is 0 Å². The van der Waals surface area contributed by atoms with Crippen LogP contribution in [0.25, 0.3) is 11.3 Å². The van der Waals surface area contributed by atoms with Gasteiger partial charge in [0.25, 0.3) is 5.16 Å². The van der Waals surface area contributed by atoms with Crippen molar-refractivity contribution in [1.82, 2.24) is 19.2 Å². The first-order valence-corrected chi connectivity index (χ1v) is 10.9. The van der Waals surface area contributed by atoms with E-state index < -0.39 is 15.4 Å². The summed E-state index contributed by atoms with van der Waals surface area (Å²) in [5.74, 6) is -0.315. The Kier molecular flexibility index (Phi) is 4.94. The van der Waals surface area contributed by atoms with Crippen LogP contribution in [0.2, 0.25) is 10.0 Å². The van der Waals surface area contributed by atoms with E-state index in [1.54, 1.807) is 49.4 Å². The largest absolute Gasteiger partial charge is 0.300 e. The van der Waals surface area contributed by atoms with Gasteiger partial charge in [-0.3, -0.25) is 13.8 Å². The minimum Gasteiger partial charge on any atom is -0.279 e. The van der Waals surface area contributed by atoms with E-state index in [0.717, 1.165) is 0 Å². The second-order valence-electron chi connectivity index (χ2n) is 6.42. The molecule has 4 rings (SSSR count). The van der Waals surface area contributed by atoms with Crippen molar-refractivity contribution < 1.29 is 8.42 Å². The Hall–Kier alpha value is -2.68. The number of fused-ring (bicyclic) bond motifs is 1. The van der Waals surface area contributed by atoms with E-state index in [1.807, 2.05) is 0 Å². The van der Waals surface area contributed by atoms with Gasteiger partial charge in [-0.2, -0.15) is 0 Å². The van der Waals surface area contributed by atoms with E-state index >= 15 is 0 Å². The van der Waals surface area contributed by atoms with Crippen LogP contribution in [0, 0.1) is 6.92 Å². The minimum atomic E-state index is -3.86. The van der Waals surface area contributed by atoms with Crippen LogP contribution < -0.4 is 5.56 Å². The molecule has 0 saturated heterocycles. The molecule has 0 saturated carbocycles. The fraction of sp³-hybridized carbons (Fsp3) is 0.105. The zero-order chi connectivity index (χ0) is 20.8. The highest BCUT2D eigenvalue weighted by molar-refractivity contribution is 7.90. The lowest BCUT2D eigenvalue weighted by molar-refractivity contribution is 0.584. The molecule has 4 aromatic rings. The number of hydrogen-bond acceptors (Lipinski definition) is 5. The predicted octanol–water partition coefficient (Wildman–Crippen LogP) is 3.47. The highest BCUT2D eigenvalue weighted by Gasteiger charge is 2.24. The minimum absolute atomic E-state index is 0.100. The molecule has 148 valence electrons. The van der Waals surface area contributed by atoms with E-state index in [0.29, 0.717) is 26.9 Å². The Morgan fingerprint density at radius 3 is 2.55 bits per heavy atom. The monoisotopic (exact) mass is 448 g/mol. The molecule has 0 radical (unpaired) electrons. The molecule has 2 aromatic heterocycles. The van der Waals surface area contributed by atoms with Gasteiger partial charge in [-0.05, 0) is 42.3 Å². The van der Waals surface area contributed by atoms with E-state index in [9.17, 15) is 13.2 Å². The summed E-state index contributed by atoms with van der Waals surface area (Å²) in [6, 6.07) is 11.7. The van der Waals surface area contributed by atoms with Gasteiger partial charge in [0.2, 0.25) is 15.5 Å². The SMILES string of the molecule is Cc1c(Cl)cccc1-n1ccn2c(S(=O)(=O)Cc3cccc(Cl)c3)nnc2c1=O. The normalized spacial score (nSPS) is 11.8. The molecular formula is C19H14Cl2N4O3S. The van der Waals surface area contributed by atoms with E-state index in [-0.39, 0.29) is 16.6 Å². The van der Waals surface area contributed by atoms with Crippen molar-refractivity contribution in [3.8, 4) is 5.69 Å². The fourth-order valence-corrected chi connectivity index (χ4v) is 4.78. The van der Waals surface area contributed by atoms with Crippen molar-refractivity contribution in [3.63, 3.8) is 0 Å². The lowest BCUT2D eigenvalue weighted by atomic mass is 10.2. The van der Waals surface area contributed by atoms with Crippen LogP contribution in [0.4, 0.5) is 0 Å². The molecule has 0 unspecified atom stereocenters. The van der Waals surface area contributed by atoms with Gasteiger partial charge in [-0.1, -0.05) is 41.4 Å². The van der Waals surface area contributed by atoms with E-state index in [2.05, 4.69) is 10.2 Å². The van der Waals surface area contributed by atoms with Gasteiger partial charge in [0.1, 0.15) is 0 Å². The smallest absolute Gasteiger partial charge is 0.279 e. The summed E-state index contributed by atoms with van der Waals surface area (Å²) in [6.07, 6.45) is 2.91. The van der Waals surface area contributed by atoms with E-state index in [4.69, 9.17) is 23.2 Å². The Morgan fingerprint density at radius 2 is 1.79 bits per heavy atom. The summed E-state index contributed by atoms with van der Waals surface area (Å²) < 4.78 is 28.3. The molecule has 0 fully saturated rings. The summed E-state index contributed by atoms with van der Waals surface area (Å²) in [4.78, 5) is 12.9. The zero-order valence-electron chi connectivity index (χ0n) is 15.1. The van der Waals surface area contributed by atoms with Crippen LogP contribution in [-0.4, -0.2) is 27.6 Å². The first kappa shape index (κ1) is 19.6. The molecule has 0 spiro atoms. The number of nitrogens with zero attached hydrogens (tertiary/aromatic N) is 4. The van der Waals surface area contributed by atoms with Gasteiger partial charge < -0.3 is 0 Å². The molecule has 2 heterocycles. The molecular weight excluding hydrogens is 435 g/mol. The quantitative estimate of drug-likeness (QED) is 0.476. The maximum atomic E-state index is 12.9. The first-order valence-electron chi connectivity index (χ1n) is 8.47. The topological polar surface area (TPSA) is 86.3 Å². The van der Waals surface area contributed by atoms with Crippen molar-refractivity contribution >= 4 is 38.7 Å². The van der Waals surface area contributed by atoms with Crippen LogP contribution in [0.3, 0.4) is 0 Å². The van der Waals surface area contributed by atoms with E-state index in [1.165, 1.54) is 21.4 Å². The number of rotatable bonds is 4. The van der Waals surface area contributed by atoms with Crippen molar-refractivity contribution in [2.24, 2.45) is 0 Å². The van der Waals surface area contributed by atoms with Crippen molar-refractivity contribution in [3.05, 3.63) is 86.4 Å². The summed E-state index contributed by atoms with van der Waals surface area (Å²) in [6.45, 7) is 1.79. The first-order chi connectivity index (χ1) is 13.8. The summed E-state index contributed by atoms with van der Waals surface area (Å²) in [5, 5.41) is 8.24. The highest BCUT2D eigenvalue weighted by atomic mass is 35.5. The summed E-state index contributed by atoms with van der Waals surface area (Å²) in [5.41, 5.74) is 1.20. The summed E-state index contributed by atoms with van der Waals surface area (Å²) >= 11 is 12.1. The van der Waals surface area contributed by atoms with Crippen LogP contribution in [0.15, 0.2) is 64.8 Å². The molecule has 0 aliphatic rings. The molecule has 0 N–H and O–H groups in total. The van der Waals surface area contributed by atoms with Crippen LogP contribution >= 0.6 is 23.2 Å². The number of halogens is 2.